The molecule has 0 N–H and O–H groups in total. The lowest BCUT2D eigenvalue weighted by atomic mass is 10.1. The number of rotatable bonds is 2. The molecule has 0 unspecified atom stereocenters. The van der Waals surface area contributed by atoms with E-state index in [9.17, 15) is 4.79 Å². The zero-order valence-corrected chi connectivity index (χ0v) is 11.1. The number of carbonyl (C=O) groups is 1. The van der Waals surface area contributed by atoms with Gasteiger partial charge < -0.3 is 0 Å². The van der Waals surface area contributed by atoms with Crippen molar-refractivity contribution in [1.82, 2.24) is 0 Å². The van der Waals surface area contributed by atoms with Crippen molar-refractivity contribution in [2.24, 2.45) is 0 Å². The molecule has 0 spiro atoms. The zero-order chi connectivity index (χ0) is 10.7. The first-order valence-electron chi connectivity index (χ1n) is 4.15. The number of ketones is 1. The molecule has 0 aliphatic carbocycles. The summed E-state index contributed by atoms with van der Waals surface area (Å²) in [5, 5.41) is 0. The van der Waals surface area contributed by atoms with Crippen LogP contribution in [-0.4, -0.2) is 5.78 Å². The maximum atomic E-state index is 11.7. The second kappa shape index (κ2) is 4.89. The number of carbonyl (C=O) groups excluding carboxylic acids is 1. The van der Waals surface area contributed by atoms with Gasteiger partial charge in [0.1, 0.15) is 0 Å². The van der Waals surface area contributed by atoms with Crippen LogP contribution in [0.2, 0.25) is 0 Å². The highest BCUT2D eigenvalue weighted by molar-refractivity contribution is 9.11. The smallest absolute Gasteiger partial charge is 0.186 e. The van der Waals surface area contributed by atoms with Gasteiger partial charge >= 0.3 is 0 Å². The molecule has 0 amide bonds. The highest BCUT2D eigenvalue weighted by Gasteiger charge is 2.07. The summed E-state index contributed by atoms with van der Waals surface area (Å²) in [7, 11) is 0. The fraction of sp³-hybridized carbons (Fsp3) is 0.182. The van der Waals surface area contributed by atoms with E-state index in [2.05, 4.69) is 31.9 Å². The summed E-state index contributed by atoms with van der Waals surface area (Å²) in [5.74, 6) is 0.0261. The lowest BCUT2D eigenvalue weighted by molar-refractivity contribution is 0.104. The van der Waals surface area contributed by atoms with E-state index in [4.69, 9.17) is 0 Å². The van der Waals surface area contributed by atoms with Gasteiger partial charge in [-0.25, -0.2) is 0 Å². The molecule has 14 heavy (non-hydrogen) atoms. The molecule has 0 aliphatic heterocycles. The molecule has 1 aromatic carbocycles. The van der Waals surface area contributed by atoms with Crippen molar-refractivity contribution in [1.29, 1.82) is 0 Å². The van der Waals surface area contributed by atoms with E-state index in [1.807, 2.05) is 32.0 Å². The number of halogens is 2. The summed E-state index contributed by atoms with van der Waals surface area (Å²) in [4.78, 5) is 11.7. The van der Waals surface area contributed by atoms with Gasteiger partial charge in [0.05, 0.1) is 0 Å². The minimum Gasteiger partial charge on any atom is -0.289 e. The molecule has 1 nitrogen and oxygen atoms in total. The van der Waals surface area contributed by atoms with Gasteiger partial charge in [-0.3, -0.25) is 4.79 Å². The van der Waals surface area contributed by atoms with Crippen LogP contribution < -0.4 is 0 Å². The Hall–Kier alpha value is -0.410. The summed E-state index contributed by atoms with van der Waals surface area (Å²) in [5.41, 5.74) is 1.68. The first kappa shape index (κ1) is 11.7. The Balaban J connectivity index is 3.12. The highest BCUT2D eigenvalue weighted by Crippen LogP contribution is 2.22. The second-order valence-corrected chi connectivity index (χ2v) is 4.98. The molecule has 0 saturated carbocycles. The minimum absolute atomic E-state index is 0.0261. The summed E-state index contributed by atoms with van der Waals surface area (Å²) in [6, 6.07) is 5.56. The third-order valence-corrected chi connectivity index (χ3v) is 2.80. The molecule has 1 rings (SSSR count). The molecule has 0 saturated heterocycles. The standard InChI is InChI=1S/C11H10Br2O/c1-7(2)5-11(14)9-6-8(12)3-4-10(9)13/h3-6H,1-2H3. The molecule has 0 heterocycles. The van der Waals surface area contributed by atoms with Crippen LogP contribution in [0.5, 0.6) is 0 Å². The normalized spacial score (nSPS) is 9.71. The summed E-state index contributed by atoms with van der Waals surface area (Å²) in [6.07, 6.45) is 1.63. The van der Waals surface area contributed by atoms with Gasteiger partial charge in [0.2, 0.25) is 0 Å². The first-order valence-corrected chi connectivity index (χ1v) is 5.73. The Kier molecular flexibility index (Phi) is 4.08. The van der Waals surface area contributed by atoms with Crippen molar-refractivity contribution in [3.05, 3.63) is 44.4 Å². The van der Waals surface area contributed by atoms with E-state index in [1.165, 1.54) is 0 Å². The Morgan fingerprint density at radius 1 is 1.29 bits per heavy atom. The van der Waals surface area contributed by atoms with Gasteiger partial charge in [-0.15, -0.1) is 0 Å². The number of hydrogen-bond acceptors (Lipinski definition) is 1. The third kappa shape index (κ3) is 3.07. The fourth-order valence-electron chi connectivity index (χ4n) is 1.03. The molecule has 0 aromatic heterocycles. The summed E-state index contributed by atoms with van der Waals surface area (Å²) < 4.78 is 1.73. The van der Waals surface area contributed by atoms with E-state index < -0.39 is 0 Å². The second-order valence-electron chi connectivity index (χ2n) is 3.21. The van der Waals surface area contributed by atoms with E-state index >= 15 is 0 Å². The SMILES string of the molecule is CC(C)=CC(=O)c1cc(Br)ccc1Br. The van der Waals surface area contributed by atoms with Crippen LogP contribution in [0.1, 0.15) is 24.2 Å². The average Bonchev–Trinajstić information content (AvgIpc) is 2.08. The van der Waals surface area contributed by atoms with Crippen LogP contribution in [0, 0.1) is 0 Å². The van der Waals surface area contributed by atoms with Crippen LogP contribution in [-0.2, 0) is 0 Å². The molecule has 0 aliphatic rings. The number of hydrogen-bond donors (Lipinski definition) is 0. The lowest BCUT2D eigenvalue weighted by Crippen LogP contribution is -1.96. The quantitative estimate of drug-likeness (QED) is 0.585. The van der Waals surface area contributed by atoms with Crippen molar-refractivity contribution < 1.29 is 4.79 Å². The van der Waals surface area contributed by atoms with E-state index in [-0.39, 0.29) is 5.78 Å². The number of allylic oxidation sites excluding steroid dienone is 2. The van der Waals surface area contributed by atoms with E-state index in [0.29, 0.717) is 5.56 Å². The lowest BCUT2D eigenvalue weighted by Gasteiger charge is -2.01. The maximum absolute atomic E-state index is 11.7. The van der Waals surface area contributed by atoms with Crippen LogP contribution in [0.25, 0.3) is 0 Å². The maximum Gasteiger partial charge on any atom is 0.186 e. The van der Waals surface area contributed by atoms with Crippen LogP contribution in [0.3, 0.4) is 0 Å². The molecule has 74 valence electrons. The van der Waals surface area contributed by atoms with Crippen LogP contribution in [0.15, 0.2) is 38.8 Å². The van der Waals surface area contributed by atoms with Gasteiger partial charge in [0.15, 0.2) is 5.78 Å². The Morgan fingerprint density at radius 2 is 1.93 bits per heavy atom. The highest BCUT2D eigenvalue weighted by atomic mass is 79.9. The van der Waals surface area contributed by atoms with Crippen molar-refractivity contribution in [3.8, 4) is 0 Å². The van der Waals surface area contributed by atoms with E-state index in [1.54, 1.807) is 6.08 Å². The fourth-order valence-corrected chi connectivity index (χ4v) is 1.83. The molecule has 0 radical (unpaired) electrons. The van der Waals surface area contributed by atoms with Gasteiger partial charge in [0.25, 0.3) is 0 Å². The van der Waals surface area contributed by atoms with Crippen molar-refractivity contribution in [2.45, 2.75) is 13.8 Å². The predicted molar refractivity (Wildman–Crippen MR) is 65.6 cm³/mol. The van der Waals surface area contributed by atoms with Crippen LogP contribution in [0.4, 0.5) is 0 Å². The molecule has 3 heteroatoms. The summed E-state index contributed by atoms with van der Waals surface area (Å²) in [6.45, 7) is 3.81. The van der Waals surface area contributed by atoms with Crippen molar-refractivity contribution in [3.63, 3.8) is 0 Å². The van der Waals surface area contributed by atoms with Gasteiger partial charge in [-0.05, 0) is 38.1 Å². The minimum atomic E-state index is 0.0261. The van der Waals surface area contributed by atoms with Crippen LogP contribution >= 0.6 is 31.9 Å². The Labute approximate surface area is 100 Å². The molecule has 1 aromatic rings. The molecule has 0 bridgehead atoms. The van der Waals surface area contributed by atoms with Gasteiger partial charge in [-0.2, -0.15) is 0 Å². The molecule has 0 atom stereocenters. The Morgan fingerprint density at radius 3 is 2.50 bits per heavy atom. The largest absolute Gasteiger partial charge is 0.289 e. The molecule has 0 fully saturated rings. The molecular weight excluding hydrogens is 308 g/mol. The topological polar surface area (TPSA) is 17.1 Å². The number of benzene rings is 1. The third-order valence-electron chi connectivity index (χ3n) is 1.61. The van der Waals surface area contributed by atoms with E-state index in [0.717, 1.165) is 14.5 Å². The first-order chi connectivity index (χ1) is 6.50. The monoisotopic (exact) mass is 316 g/mol. The van der Waals surface area contributed by atoms with Crippen molar-refractivity contribution in [2.75, 3.05) is 0 Å². The van der Waals surface area contributed by atoms with Gasteiger partial charge in [0, 0.05) is 14.5 Å². The van der Waals surface area contributed by atoms with Crippen molar-refractivity contribution >= 4 is 37.6 Å². The predicted octanol–water partition coefficient (Wildman–Crippen LogP) is 4.36. The average molecular weight is 318 g/mol. The molecular formula is C11H10Br2O. The summed E-state index contributed by atoms with van der Waals surface area (Å²) >= 11 is 6.69. The van der Waals surface area contributed by atoms with Gasteiger partial charge in [-0.1, -0.05) is 37.4 Å². The Bertz CT molecular complexity index is 390. The zero-order valence-electron chi connectivity index (χ0n) is 7.97.